The number of likely N-dealkylation sites (N-methyl/N-ethyl adjacent to an activating group) is 2. The number of para-hydroxylation sites is 2. The van der Waals surface area contributed by atoms with Crippen LogP contribution in [0.1, 0.15) is 11.1 Å². The maximum Gasteiger partial charge on any atom is 0.251 e. The molecule has 0 radical (unpaired) electrons. The number of amides is 2. The first-order valence-electron chi connectivity index (χ1n) is 11.6. The number of hydrogen-bond acceptors (Lipinski definition) is 4. The minimum atomic E-state index is -0.248. The Morgan fingerprint density at radius 1 is 0.694 bits per heavy atom. The topological polar surface area (TPSA) is 96.3 Å². The summed E-state index contributed by atoms with van der Waals surface area (Å²) in [4.78, 5) is 33.3. The molecule has 10 heteroatoms. The zero-order chi connectivity index (χ0) is 25.4. The molecule has 2 fully saturated rings. The minimum Gasteiger partial charge on any atom is -0.361 e. The lowest BCUT2D eigenvalue weighted by molar-refractivity contribution is -0.126. The van der Waals surface area contributed by atoms with E-state index in [0.717, 1.165) is 32.9 Å². The van der Waals surface area contributed by atoms with E-state index >= 15 is 0 Å². The number of nitrogens with zero attached hydrogens (tertiary/aromatic N) is 2. The van der Waals surface area contributed by atoms with Gasteiger partial charge in [-0.3, -0.25) is 19.4 Å². The predicted molar refractivity (Wildman–Crippen MR) is 149 cm³/mol. The summed E-state index contributed by atoms with van der Waals surface area (Å²) in [5, 5.41) is 9.43. The number of aromatic nitrogens is 2. The van der Waals surface area contributed by atoms with Gasteiger partial charge in [0.15, 0.2) is 10.2 Å². The molecule has 2 atom stereocenters. The van der Waals surface area contributed by atoms with Crippen LogP contribution in [0, 0.1) is 0 Å². The number of H-pyrrole nitrogens is 2. The quantitative estimate of drug-likeness (QED) is 0.311. The van der Waals surface area contributed by atoms with Gasteiger partial charge in [-0.2, -0.15) is 0 Å². The van der Waals surface area contributed by atoms with E-state index in [4.69, 9.17) is 24.4 Å². The Bertz CT molecular complexity index is 1380. The molecule has 2 saturated heterocycles. The van der Waals surface area contributed by atoms with E-state index in [1.54, 1.807) is 14.1 Å². The standard InChI is InChI=1S/2C13H13N3OS/c2*1-16-12(17)11(15-13(16)18)6-8-7-14-10-5-3-2-4-9(8)10/h2*2-5,7,11,14H,6H2,1H3,(H,15,18). The molecule has 2 aromatic heterocycles. The molecule has 2 unspecified atom stereocenters. The Balaban J connectivity index is 0.000000148. The number of carbonyl (C=O) groups is 2. The molecule has 4 aromatic rings. The van der Waals surface area contributed by atoms with E-state index in [0.29, 0.717) is 23.1 Å². The van der Waals surface area contributed by atoms with E-state index in [2.05, 4.69) is 32.7 Å². The van der Waals surface area contributed by atoms with E-state index < -0.39 is 0 Å². The maximum atomic E-state index is 11.9. The van der Waals surface area contributed by atoms with Crippen molar-refractivity contribution in [2.75, 3.05) is 14.1 Å². The van der Waals surface area contributed by atoms with Gasteiger partial charge < -0.3 is 20.6 Å². The van der Waals surface area contributed by atoms with Crippen LogP contribution in [-0.2, 0) is 22.4 Å². The van der Waals surface area contributed by atoms with Gasteiger partial charge in [0.1, 0.15) is 12.1 Å². The minimum absolute atomic E-state index is 0.0327. The molecule has 8 nitrogen and oxygen atoms in total. The number of hydrogen-bond donors (Lipinski definition) is 4. The summed E-state index contributed by atoms with van der Waals surface area (Å²) in [5.41, 5.74) is 4.45. The summed E-state index contributed by atoms with van der Waals surface area (Å²) in [6, 6.07) is 15.7. The fourth-order valence-electron chi connectivity index (χ4n) is 4.60. The van der Waals surface area contributed by atoms with E-state index in [-0.39, 0.29) is 23.9 Å². The van der Waals surface area contributed by atoms with Crippen molar-refractivity contribution in [3.63, 3.8) is 0 Å². The molecule has 0 aliphatic carbocycles. The highest BCUT2D eigenvalue weighted by Crippen LogP contribution is 2.22. The molecular weight excluding hydrogens is 492 g/mol. The van der Waals surface area contributed by atoms with Gasteiger partial charge in [0, 0.05) is 61.1 Å². The summed E-state index contributed by atoms with van der Waals surface area (Å²) < 4.78 is 0. The average molecular weight is 519 g/mol. The van der Waals surface area contributed by atoms with Crippen LogP contribution >= 0.6 is 24.4 Å². The van der Waals surface area contributed by atoms with Crippen molar-refractivity contribution in [1.29, 1.82) is 0 Å². The lowest BCUT2D eigenvalue weighted by Crippen LogP contribution is -2.31. The van der Waals surface area contributed by atoms with E-state index in [1.807, 2.05) is 48.8 Å². The van der Waals surface area contributed by atoms with Crippen molar-refractivity contribution in [2.24, 2.45) is 0 Å². The smallest absolute Gasteiger partial charge is 0.251 e. The third-order valence-corrected chi connectivity index (χ3v) is 7.44. The van der Waals surface area contributed by atoms with Crippen molar-refractivity contribution in [2.45, 2.75) is 24.9 Å². The monoisotopic (exact) mass is 518 g/mol. The van der Waals surface area contributed by atoms with Crippen LogP contribution in [0.25, 0.3) is 21.8 Å². The summed E-state index contributed by atoms with van der Waals surface area (Å²) >= 11 is 10.1. The summed E-state index contributed by atoms with van der Waals surface area (Å²) in [6.45, 7) is 0. The Kier molecular flexibility index (Phi) is 6.46. The second kappa shape index (κ2) is 9.71. The summed E-state index contributed by atoms with van der Waals surface area (Å²) in [7, 11) is 3.40. The largest absolute Gasteiger partial charge is 0.361 e. The predicted octanol–water partition coefficient (Wildman–Crippen LogP) is 2.85. The highest BCUT2D eigenvalue weighted by Gasteiger charge is 2.34. The van der Waals surface area contributed by atoms with E-state index in [9.17, 15) is 9.59 Å². The highest BCUT2D eigenvalue weighted by atomic mass is 32.1. The SMILES string of the molecule is CN1C(=O)C(Cc2c[nH]c3ccccc23)NC1=S.CN1C(=O)C(Cc2c[nH]c3ccccc23)NC1=S. The number of fused-ring (bicyclic) bond motifs is 2. The van der Waals surface area contributed by atoms with Crippen LogP contribution < -0.4 is 10.6 Å². The Morgan fingerprint density at radius 2 is 1.08 bits per heavy atom. The van der Waals surface area contributed by atoms with Crippen LogP contribution in [0.2, 0.25) is 0 Å². The van der Waals surface area contributed by atoms with Gasteiger partial charge in [-0.25, -0.2) is 0 Å². The van der Waals surface area contributed by atoms with Crippen molar-refractivity contribution < 1.29 is 9.59 Å². The van der Waals surface area contributed by atoms with Crippen molar-refractivity contribution >= 4 is 68.3 Å². The molecule has 2 aliphatic heterocycles. The van der Waals surface area contributed by atoms with Crippen molar-refractivity contribution in [1.82, 2.24) is 30.4 Å². The number of benzene rings is 2. The van der Waals surface area contributed by atoms with Gasteiger partial charge in [-0.1, -0.05) is 36.4 Å². The third kappa shape index (κ3) is 4.45. The Morgan fingerprint density at radius 3 is 1.44 bits per heavy atom. The molecule has 0 saturated carbocycles. The molecule has 6 rings (SSSR count). The third-order valence-electron chi connectivity index (χ3n) is 6.66. The van der Waals surface area contributed by atoms with Crippen LogP contribution in [-0.4, -0.2) is 68.0 Å². The number of thiocarbonyl (C=S) groups is 2. The number of aromatic amines is 2. The fourth-order valence-corrected chi connectivity index (χ4v) is 5.06. The Hall–Kier alpha value is -3.76. The molecule has 4 N–H and O–H groups in total. The first-order valence-corrected chi connectivity index (χ1v) is 12.4. The van der Waals surface area contributed by atoms with Crippen LogP contribution in [0.15, 0.2) is 60.9 Å². The number of carbonyl (C=O) groups excluding carboxylic acids is 2. The fraction of sp³-hybridized carbons (Fsp3) is 0.231. The lowest BCUT2D eigenvalue weighted by Gasteiger charge is -2.07. The van der Waals surface area contributed by atoms with Crippen molar-refractivity contribution in [3.05, 3.63) is 72.1 Å². The molecular formula is C26H26N6O2S2. The van der Waals surface area contributed by atoms with Gasteiger partial charge in [-0.15, -0.1) is 0 Å². The van der Waals surface area contributed by atoms with E-state index in [1.165, 1.54) is 9.80 Å². The summed E-state index contributed by atoms with van der Waals surface area (Å²) in [6.07, 6.45) is 5.21. The van der Waals surface area contributed by atoms with Crippen LogP contribution in [0.3, 0.4) is 0 Å². The zero-order valence-electron chi connectivity index (χ0n) is 19.9. The molecule has 4 heterocycles. The number of rotatable bonds is 4. The Labute approximate surface area is 219 Å². The second-order valence-corrected chi connectivity index (χ2v) is 9.70. The highest BCUT2D eigenvalue weighted by molar-refractivity contribution is 7.80. The maximum absolute atomic E-state index is 11.9. The van der Waals surface area contributed by atoms with Gasteiger partial charge in [0.05, 0.1) is 0 Å². The average Bonchev–Trinajstić information content (AvgIpc) is 3.61. The first kappa shape index (κ1) is 24.0. The van der Waals surface area contributed by atoms with Crippen LogP contribution in [0.5, 0.6) is 0 Å². The molecule has 2 aromatic carbocycles. The zero-order valence-corrected chi connectivity index (χ0v) is 21.5. The number of nitrogens with one attached hydrogen (secondary N) is 4. The van der Waals surface area contributed by atoms with Gasteiger partial charge in [0.25, 0.3) is 11.8 Å². The second-order valence-electron chi connectivity index (χ2n) is 8.93. The summed E-state index contributed by atoms with van der Waals surface area (Å²) in [5.74, 6) is 0.0653. The van der Waals surface area contributed by atoms with Crippen LogP contribution in [0.4, 0.5) is 0 Å². The molecule has 2 aliphatic rings. The lowest BCUT2D eigenvalue weighted by atomic mass is 10.1. The molecule has 184 valence electrons. The molecule has 2 amide bonds. The van der Waals surface area contributed by atoms with Gasteiger partial charge in [0.2, 0.25) is 0 Å². The first-order chi connectivity index (χ1) is 17.3. The molecule has 36 heavy (non-hydrogen) atoms. The molecule has 0 spiro atoms. The van der Waals surface area contributed by atoms with Gasteiger partial charge in [-0.05, 0) is 47.7 Å². The van der Waals surface area contributed by atoms with Crippen molar-refractivity contribution in [3.8, 4) is 0 Å². The normalized spacial score (nSPS) is 19.6. The molecule has 0 bridgehead atoms. The van der Waals surface area contributed by atoms with Gasteiger partial charge >= 0.3 is 0 Å².